The third-order valence-corrected chi connectivity index (χ3v) is 3.10. The molecule has 1 atom stereocenters. The van der Waals surface area contributed by atoms with Gasteiger partial charge in [-0.1, -0.05) is 6.92 Å². The molecule has 0 aliphatic carbocycles. The fourth-order valence-electron chi connectivity index (χ4n) is 2.04. The third-order valence-electron chi connectivity index (χ3n) is 3.10. The Balaban J connectivity index is 2.83. The van der Waals surface area contributed by atoms with Crippen molar-refractivity contribution >= 4 is 11.9 Å². The van der Waals surface area contributed by atoms with E-state index in [-0.39, 0.29) is 6.61 Å². The molecule has 92 valence electrons. The topological polar surface area (TPSA) is 72.8 Å². The number of carboxylic acids is 1. The molecule has 1 saturated heterocycles. The smallest absolute Gasteiger partial charge is 0.320 e. The van der Waals surface area contributed by atoms with E-state index in [0.29, 0.717) is 26.1 Å². The van der Waals surface area contributed by atoms with Crippen LogP contribution >= 0.6 is 0 Å². The second kappa shape index (κ2) is 5.30. The van der Waals surface area contributed by atoms with Gasteiger partial charge in [0.1, 0.15) is 0 Å². The molecule has 5 heteroatoms. The Morgan fingerprint density at radius 1 is 1.44 bits per heavy atom. The van der Waals surface area contributed by atoms with Gasteiger partial charge in [-0.15, -0.1) is 0 Å². The molecule has 16 heavy (non-hydrogen) atoms. The number of carbonyl (C=O) groups is 2. The fraction of sp³-hybridized carbons (Fsp3) is 0.818. The summed E-state index contributed by atoms with van der Waals surface area (Å²) in [5.41, 5.74) is -0.559. The molecule has 0 radical (unpaired) electrons. The summed E-state index contributed by atoms with van der Waals surface area (Å²) in [6.07, 6.45) is 1.14. The fourth-order valence-corrected chi connectivity index (χ4v) is 2.04. The normalized spacial score (nSPS) is 21.1. The first kappa shape index (κ1) is 13.0. The van der Waals surface area contributed by atoms with E-state index in [1.54, 1.807) is 6.92 Å². The Bertz CT molecular complexity index is 268. The summed E-state index contributed by atoms with van der Waals surface area (Å²) in [5.74, 6) is -2.83. The van der Waals surface area contributed by atoms with Crippen molar-refractivity contribution in [1.29, 1.82) is 0 Å². The second-order valence-electron chi connectivity index (χ2n) is 4.29. The summed E-state index contributed by atoms with van der Waals surface area (Å²) >= 11 is 0. The van der Waals surface area contributed by atoms with E-state index >= 15 is 0 Å². The first-order chi connectivity index (χ1) is 7.51. The SMILES string of the molecule is CCOC(=O)C(C(=O)O)C1(C)CCOCC1. The molecule has 0 aromatic heterocycles. The van der Waals surface area contributed by atoms with Crippen molar-refractivity contribution in [2.45, 2.75) is 26.7 Å². The standard InChI is InChI=1S/C11H18O5/c1-3-16-10(14)8(9(12)13)11(2)4-6-15-7-5-11/h8H,3-7H2,1-2H3,(H,12,13). The number of esters is 1. The number of ether oxygens (including phenoxy) is 2. The molecule has 0 saturated carbocycles. The van der Waals surface area contributed by atoms with Gasteiger partial charge in [0.25, 0.3) is 0 Å². The number of carboxylic acid groups (broad SMARTS) is 1. The predicted octanol–water partition coefficient (Wildman–Crippen LogP) is 1.07. The molecule has 5 nitrogen and oxygen atoms in total. The highest BCUT2D eigenvalue weighted by molar-refractivity contribution is 5.94. The van der Waals surface area contributed by atoms with Gasteiger partial charge in [-0.3, -0.25) is 9.59 Å². The van der Waals surface area contributed by atoms with E-state index in [0.717, 1.165) is 0 Å². The molecule has 0 amide bonds. The molecule has 0 spiro atoms. The third kappa shape index (κ3) is 2.72. The maximum Gasteiger partial charge on any atom is 0.320 e. The van der Waals surface area contributed by atoms with Crippen LogP contribution in [0.3, 0.4) is 0 Å². The number of aliphatic carboxylic acids is 1. The van der Waals surface area contributed by atoms with Gasteiger partial charge in [-0.2, -0.15) is 0 Å². The van der Waals surface area contributed by atoms with E-state index in [1.807, 2.05) is 6.92 Å². The van der Waals surface area contributed by atoms with Crippen LogP contribution in [0.5, 0.6) is 0 Å². The average molecular weight is 230 g/mol. The molecule has 1 N–H and O–H groups in total. The van der Waals surface area contributed by atoms with Crippen LogP contribution in [0, 0.1) is 11.3 Å². The average Bonchev–Trinajstić information content (AvgIpc) is 2.17. The zero-order valence-corrected chi connectivity index (χ0v) is 9.69. The zero-order chi connectivity index (χ0) is 12.2. The summed E-state index contributed by atoms with van der Waals surface area (Å²) in [6.45, 7) is 4.68. The molecule has 1 rings (SSSR count). The maximum atomic E-state index is 11.6. The van der Waals surface area contributed by atoms with Crippen LogP contribution in [-0.4, -0.2) is 36.9 Å². The lowest BCUT2D eigenvalue weighted by atomic mass is 9.71. The first-order valence-corrected chi connectivity index (χ1v) is 5.48. The summed E-state index contributed by atoms with van der Waals surface area (Å²) in [7, 11) is 0. The van der Waals surface area contributed by atoms with Crippen LogP contribution in [0.1, 0.15) is 26.7 Å². The zero-order valence-electron chi connectivity index (χ0n) is 9.69. The van der Waals surface area contributed by atoms with Gasteiger partial charge in [-0.25, -0.2) is 0 Å². The molecule has 0 bridgehead atoms. The highest BCUT2D eigenvalue weighted by atomic mass is 16.5. The Labute approximate surface area is 94.7 Å². The summed E-state index contributed by atoms with van der Waals surface area (Å²) in [6, 6.07) is 0. The maximum absolute atomic E-state index is 11.6. The van der Waals surface area contributed by atoms with Gasteiger partial charge < -0.3 is 14.6 Å². The quantitative estimate of drug-likeness (QED) is 0.577. The van der Waals surface area contributed by atoms with Gasteiger partial charge in [0.15, 0.2) is 5.92 Å². The summed E-state index contributed by atoms with van der Waals surface area (Å²) in [4.78, 5) is 22.8. The highest BCUT2D eigenvalue weighted by Gasteiger charge is 2.46. The van der Waals surface area contributed by atoms with Crippen LogP contribution in [0.4, 0.5) is 0 Å². The number of hydrogen-bond acceptors (Lipinski definition) is 4. The van der Waals surface area contributed by atoms with Gasteiger partial charge in [-0.05, 0) is 25.2 Å². The number of hydrogen-bond donors (Lipinski definition) is 1. The minimum absolute atomic E-state index is 0.204. The van der Waals surface area contributed by atoms with E-state index in [4.69, 9.17) is 14.6 Å². The van der Waals surface area contributed by atoms with Crippen LogP contribution in [-0.2, 0) is 19.1 Å². The van der Waals surface area contributed by atoms with E-state index in [9.17, 15) is 9.59 Å². The molecule has 1 fully saturated rings. The Morgan fingerprint density at radius 3 is 2.44 bits per heavy atom. The molecule has 0 aromatic rings. The van der Waals surface area contributed by atoms with Crippen molar-refractivity contribution in [1.82, 2.24) is 0 Å². The van der Waals surface area contributed by atoms with Gasteiger partial charge in [0, 0.05) is 13.2 Å². The van der Waals surface area contributed by atoms with Crippen molar-refractivity contribution in [3.63, 3.8) is 0 Å². The van der Waals surface area contributed by atoms with Crippen LogP contribution in [0.25, 0.3) is 0 Å². The molecule has 1 aliphatic heterocycles. The highest BCUT2D eigenvalue weighted by Crippen LogP contribution is 2.38. The Morgan fingerprint density at radius 2 is 2.00 bits per heavy atom. The van der Waals surface area contributed by atoms with Crippen molar-refractivity contribution in [3.05, 3.63) is 0 Å². The molecular formula is C11H18O5. The lowest BCUT2D eigenvalue weighted by molar-refractivity contribution is -0.168. The summed E-state index contributed by atoms with van der Waals surface area (Å²) in [5, 5.41) is 9.15. The van der Waals surface area contributed by atoms with Crippen molar-refractivity contribution < 1.29 is 24.2 Å². The van der Waals surface area contributed by atoms with Crippen molar-refractivity contribution in [2.75, 3.05) is 19.8 Å². The van der Waals surface area contributed by atoms with E-state index in [2.05, 4.69) is 0 Å². The monoisotopic (exact) mass is 230 g/mol. The second-order valence-corrected chi connectivity index (χ2v) is 4.29. The van der Waals surface area contributed by atoms with Crippen LogP contribution < -0.4 is 0 Å². The minimum Gasteiger partial charge on any atom is -0.481 e. The lowest BCUT2D eigenvalue weighted by Gasteiger charge is -2.36. The van der Waals surface area contributed by atoms with E-state index < -0.39 is 23.3 Å². The molecule has 0 aromatic carbocycles. The molecule has 1 unspecified atom stereocenters. The van der Waals surface area contributed by atoms with Crippen LogP contribution in [0.15, 0.2) is 0 Å². The van der Waals surface area contributed by atoms with Gasteiger partial charge in [0.2, 0.25) is 0 Å². The molecule has 1 aliphatic rings. The van der Waals surface area contributed by atoms with Crippen molar-refractivity contribution in [2.24, 2.45) is 11.3 Å². The first-order valence-electron chi connectivity index (χ1n) is 5.48. The number of carbonyl (C=O) groups excluding carboxylic acids is 1. The molecule has 1 heterocycles. The van der Waals surface area contributed by atoms with Gasteiger partial charge >= 0.3 is 11.9 Å². The minimum atomic E-state index is -1.11. The number of rotatable bonds is 4. The summed E-state index contributed by atoms with van der Waals surface area (Å²) < 4.78 is 10.0. The Kier molecular flexibility index (Phi) is 4.29. The largest absolute Gasteiger partial charge is 0.481 e. The molecular weight excluding hydrogens is 212 g/mol. The van der Waals surface area contributed by atoms with Gasteiger partial charge in [0.05, 0.1) is 6.61 Å². The predicted molar refractivity (Wildman–Crippen MR) is 55.9 cm³/mol. The van der Waals surface area contributed by atoms with E-state index in [1.165, 1.54) is 0 Å². The lowest BCUT2D eigenvalue weighted by Crippen LogP contribution is -2.43. The van der Waals surface area contributed by atoms with Crippen molar-refractivity contribution in [3.8, 4) is 0 Å². The van der Waals surface area contributed by atoms with Crippen LogP contribution in [0.2, 0.25) is 0 Å². The Hall–Kier alpha value is -1.10.